The molecule has 0 fully saturated rings. The summed E-state index contributed by atoms with van der Waals surface area (Å²) in [5, 5.41) is 11.9. The lowest BCUT2D eigenvalue weighted by Crippen LogP contribution is -2.16. The molecule has 0 aliphatic rings. The van der Waals surface area contributed by atoms with Crippen molar-refractivity contribution in [3.05, 3.63) is 74.4 Å². The van der Waals surface area contributed by atoms with E-state index in [0.717, 1.165) is 23.0 Å². The first-order valence-electron chi connectivity index (χ1n) is 7.60. The van der Waals surface area contributed by atoms with E-state index in [9.17, 15) is 19.7 Å². The van der Waals surface area contributed by atoms with E-state index in [1.165, 1.54) is 6.07 Å². The molecule has 0 aliphatic carbocycles. The molecular formula is C18H13ClN2O5. The number of aromatic amines is 1. The van der Waals surface area contributed by atoms with Crippen LogP contribution in [0.1, 0.15) is 26.4 Å². The largest absolute Gasteiger partial charge is 0.454 e. The van der Waals surface area contributed by atoms with Crippen molar-refractivity contribution in [3.63, 3.8) is 0 Å². The van der Waals surface area contributed by atoms with E-state index >= 15 is 0 Å². The Hall–Kier alpha value is -3.19. The van der Waals surface area contributed by atoms with Gasteiger partial charge in [0, 0.05) is 33.2 Å². The number of halogens is 1. The summed E-state index contributed by atoms with van der Waals surface area (Å²) in [6.45, 7) is 1.21. The topological polar surface area (TPSA) is 102 Å². The molecule has 3 aromatic rings. The van der Waals surface area contributed by atoms with Crippen molar-refractivity contribution in [1.29, 1.82) is 0 Å². The molecule has 0 unspecified atom stereocenters. The minimum absolute atomic E-state index is 0.154. The first-order valence-corrected chi connectivity index (χ1v) is 7.98. The highest BCUT2D eigenvalue weighted by molar-refractivity contribution is 6.31. The van der Waals surface area contributed by atoms with E-state index in [-0.39, 0.29) is 10.6 Å². The number of Topliss-reactive ketones (excluding diaryl/α,β-unsaturated/α-hetero) is 1. The van der Waals surface area contributed by atoms with Crippen molar-refractivity contribution in [1.82, 2.24) is 4.98 Å². The van der Waals surface area contributed by atoms with E-state index in [0.29, 0.717) is 11.3 Å². The number of aromatic nitrogens is 1. The summed E-state index contributed by atoms with van der Waals surface area (Å²) in [5.74, 6) is -1.39. The molecular weight excluding hydrogens is 360 g/mol. The molecule has 1 aromatic heterocycles. The fraction of sp³-hybridized carbons (Fsp3) is 0.111. The Morgan fingerprint density at radius 1 is 1.23 bits per heavy atom. The van der Waals surface area contributed by atoms with Gasteiger partial charge in [-0.1, -0.05) is 29.8 Å². The number of H-pyrrole nitrogens is 1. The van der Waals surface area contributed by atoms with Crippen LogP contribution in [0.25, 0.3) is 10.9 Å². The average Bonchev–Trinajstić information content (AvgIpc) is 2.94. The van der Waals surface area contributed by atoms with Crippen LogP contribution in [-0.2, 0) is 4.74 Å². The summed E-state index contributed by atoms with van der Waals surface area (Å²) in [4.78, 5) is 38.1. The molecule has 8 heteroatoms. The highest BCUT2D eigenvalue weighted by atomic mass is 35.5. The quantitative estimate of drug-likeness (QED) is 0.314. The van der Waals surface area contributed by atoms with Crippen LogP contribution in [0.4, 0.5) is 5.69 Å². The van der Waals surface area contributed by atoms with Crippen molar-refractivity contribution in [2.75, 3.05) is 6.61 Å². The van der Waals surface area contributed by atoms with Gasteiger partial charge in [0.1, 0.15) is 5.56 Å². The van der Waals surface area contributed by atoms with Gasteiger partial charge in [0.2, 0.25) is 5.78 Å². The molecule has 2 aromatic carbocycles. The van der Waals surface area contributed by atoms with Gasteiger partial charge in [-0.15, -0.1) is 0 Å². The fourth-order valence-corrected chi connectivity index (χ4v) is 2.92. The van der Waals surface area contributed by atoms with Crippen LogP contribution >= 0.6 is 11.6 Å². The van der Waals surface area contributed by atoms with Gasteiger partial charge in [0.05, 0.1) is 4.92 Å². The second-order valence-corrected chi connectivity index (χ2v) is 6.02. The van der Waals surface area contributed by atoms with Gasteiger partial charge in [-0.3, -0.25) is 14.9 Å². The maximum absolute atomic E-state index is 12.5. The smallest absolute Gasteiger partial charge is 0.345 e. The summed E-state index contributed by atoms with van der Waals surface area (Å²) in [6.07, 6.45) is 0. The van der Waals surface area contributed by atoms with E-state index in [2.05, 4.69) is 4.98 Å². The molecule has 3 rings (SSSR count). The summed E-state index contributed by atoms with van der Waals surface area (Å²) in [6, 6.07) is 10.8. The number of ketones is 1. The first-order chi connectivity index (χ1) is 12.4. The van der Waals surface area contributed by atoms with Crippen molar-refractivity contribution in [3.8, 4) is 0 Å². The number of carbonyl (C=O) groups excluding carboxylic acids is 2. The Balaban J connectivity index is 1.82. The number of nitrogens with zero attached hydrogens (tertiary/aromatic N) is 1. The molecule has 26 heavy (non-hydrogen) atoms. The lowest BCUT2D eigenvalue weighted by Gasteiger charge is -2.06. The van der Waals surface area contributed by atoms with E-state index < -0.39 is 29.0 Å². The first kappa shape index (κ1) is 17.6. The lowest BCUT2D eigenvalue weighted by molar-refractivity contribution is -0.385. The van der Waals surface area contributed by atoms with Gasteiger partial charge in [-0.25, -0.2) is 4.79 Å². The SMILES string of the molecule is Cc1[nH]c2ccccc2c1C(=O)COC(=O)c1cc(Cl)ccc1[N+](=O)[O-]. The molecule has 1 heterocycles. The minimum atomic E-state index is -0.981. The number of benzene rings is 2. The molecule has 0 radical (unpaired) electrons. The number of aryl methyl sites for hydroxylation is 1. The number of nitro benzene ring substituents is 1. The maximum Gasteiger partial charge on any atom is 0.345 e. The third kappa shape index (κ3) is 3.29. The molecule has 1 N–H and O–H groups in total. The number of para-hydroxylation sites is 1. The molecule has 0 saturated carbocycles. The highest BCUT2D eigenvalue weighted by Gasteiger charge is 2.24. The van der Waals surface area contributed by atoms with Crippen LogP contribution in [0.15, 0.2) is 42.5 Å². The van der Waals surface area contributed by atoms with Crippen LogP contribution in [0, 0.1) is 17.0 Å². The van der Waals surface area contributed by atoms with Crippen molar-refractivity contribution >= 4 is 39.9 Å². The molecule has 0 spiro atoms. The molecule has 0 bridgehead atoms. The standard InChI is InChI=1S/C18H13ClN2O5/c1-10-17(12-4-2-3-5-14(12)20-10)16(22)9-26-18(23)13-8-11(19)6-7-15(13)21(24)25/h2-8,20H,9H2,1H3. The number of nitrogens with one attached hydrogen (secondary N) is 1. The van der Waals surface area contributed by atoms with Gasteiger partial charge >= 0.3 is 5.97 Å². The number of nitro groups is 1. The summed E-state index contributed by atoms with van der Waals surface area (Å²) in [5.41, 5.74) is 1.14. The lowest BCUT2D eigenvalue weighted by atomic mass is 10.1. The van der Waals surface area contributed by atoms with Crippen molar-refractivity contribution in [2.45, 2.75) is 6.92 Å². The molecule has 0 amide bonds. The third-order valence-electron chi connectivity index (χ3n) is 3.88. The second kappa shape index (κ2) is 6.97. The number of carbonyl (C=O) groups is 2. The zero-order chi connectivity index (χ0) is 18.8. The summed E-state index contributed by atoms with van der Waals surface area (Å²) in [7, 11) is 0. The van der Waals surface area contributed by atoms with Crippen molar-refractivity contribution in [2.24, 2.45) is 0 Å². The molecule has 7 nitrogen and oxygen atoms in total. The van der Waals surface area contributed by atoms with Crippen LogP contribution < -0.4 is 0 Å². The van der Waals surface area contributed by atoms with Gasteiger partial charge in [0.25, 0.3) is 5.69 Å². The van der Waals surface area contributed by atoms with E-state index in [1.807, 2.05) is 12.1 Å². The Morgan fingerprint density at radius 2 is 1.96 bits per heavy atom. The van der Waals surface area contributed by atoms with Crippen LogP contribution in [0.5, 0.6) is 0 Å². The predicted molar refractivity (Wildman–Crippen MR) is 95.8 cm³/mol. The number of fused-ring (bicyclic) bond motifs is 1. The maximum atomic E-state index is 12.5. The Bertz CT molecular complexity index is 1040. The fourth-order valence-electron chi connectivity index (χ4n) is 2.75. The van der Waals surface area contributed by atoms with Crippen LogP contribution in [0.2, 0.25) is 5.02 Å². The Morgan fingerprint density at radius 3 is 2.69 bits per heavy atom. The summed E-state index contributed by atoms with van der Waals surface area (Å²) >= 11 is 5.79. The van der Waals surface area contributed by atoms with E-state index in [1.54, 1.807) is 19.1 Å². The van der Waals surface area contributed by atoms with Crippen molar-refractivity contribution < 1.29 is 19.2 Å². The Kier molecular flexibility index (Phi) is 4.73. The highest BCUT2D eigenvalue weighted by Crippen LogP contribution is 2.25. The second-order valence-electron chi connectivity index (χ2n) is 5.59. The van der Waals surface area contributed by atoms with Gasteiger partial charge in [-0.2, -0.15) is 0 Å². The molecule has 132 valence electrons. The minimum Gasteiger partial charge on any atom is -0.454 e. The zero-order valence-corrected chi connectivity index (χ0v) is 14.4. The number of rotatable bonds is 5. The average molecular weight is 373 g/mol. The van der Waals surface area contributed by atoms with Gasteiger partial charge in [0.15, 0.2) is 6.61 Å². The van der Waals surface area contributed by atoms with Gasteiger partial charge < -0.3 is 9.72 Å². The number of esters is 1. The zero-order valence-electron chi connectivity index (χ0n) is 13.6. The van der Waals surface area contributed by atoms with Crippen LogP contribution in [-0.4, -0.2) is 28.3 Å². The monoisotopic (exact) mass is 372 g/mol. The normalized spacial score (nSPS) is 10.7. The number of hydrogen-bond donors (Lipinski definition) is 1. The Labute approximate surface area is 152 Å². The number of ether oxygens (including phenoxy) is 1. The molecule has 0 aliphatic heterocycles. The van der Waals surface area contributed by atoms with E-state index in [4.69, 9.17) is 16.3 Å². The molecule has 0 atom stereocenters. The predicted octanol–water partition coefficient (Wildman–Crippen LogP) is 4.08. The summed E-state index contributed by atoms with van der Waals surface area (Å²) < 4.78 is 5.00. The molecule has 0 saturated heterocycles. The number of hydrogen-bond acceptors (Lipinski definition) is 5. The third-order valence-corrected chi connectivity index (χ3v) is 4.12. The van der Waals surface area contributed by atoms with Crippen LogP contribution in [0.3, 0.4) is 0 Å². The van der Waals surface area contributed by atoms with Gasteiger partial charge in [-0.05, 0) is 25.1 Å².